The Kier molecular flexibility index (Phi) is 5.23. The van der Waals surface area contributed by atoms with Crippen LogP contribution in [-0.2, 0) is 6.42 Å². The van der Waals surface area contributed by atoms with E-state index < -0.39 is 0 Å². The van der Waals surface area contributed by atoms with Crippen molar-refractivity contribution in [3.8, 4) is 17.6 Å². The SMILES string of the molecule is CC1(C)CCc2cc(C(C#Cc3ccccc3)N3CCCCC3)ccc2O1. The summed E-state index contributed by atoms with van der Waals surface area (Å²) in [4.78, 5) is 2.55. The number of likely N-dealkylation sites (tertiary alicyclic amines) is 1. The van der Waals surface area contributed by atoms with E-state index in [9.17, 15) is 0 Å². The summed E-state index contributed by atoms with van der Waals surface area (Å²) >= 11 is 0. The molecule has 2 heteroatoms. The first kappa shape index (κ1) is 18.1. The van der Waals surface area contributed by atoms with Crippen molar-refractivity contribution in [2.45, 2.75) is 57.6 Å². The van der Waals surface area contributed by atoms with E-state index in [1.807, 2.05) is 6.07 Å². The van der Waals surface area contributed by atoms with Gasteiger partial charge in [-0.2, -0.15) is 0 Å². The fraction of sp³-hybridized carbons (Fsp3) is 0.440. The molecule has 0 N–H and O–H groups in total. The number of hydrogen-bond acceptors (Lipinski definition) is 2. The minimum Gasteiger partial charge on any atom is -0.488 e. The van der Waals surface area contributed by atoms with Gasteiger partial charge in [-0.05, 0) is 88.0 Å². The summed E-state index contributed by atoms with van der Waals surface area (Å²) in [7, 11) is 0. The number of rotatable bonds is 2. The zero-order valence-corrected chi connectivity index (χ0v) is 16.5. The molecule has 2 aromatic rings. The zero-order chi connectivity index (χ0) is 18.7. The average Bonchev–Trinajstić information content (AvgIpc) is 2.69. The molecule has 2 aliphatic rings. The number of fused-ring (bicyclic) bond motifs is 1. The van der Waals surface area contributed by atoms with Crippen LogP contribution in [-0.4, -0.2) is 23.6 Å². The number of benzene rings is 2. The Morgan fingerprint density at radius 2 is 1.78 bits per heavy atom. The molecule has 1 fully saturated rings. The number of piperidine rings is 1. The summed E-state index contributed by atoms with van der Waals surface area (Å²) in [6.07, 6.45) is 6.02. The van der Waals surface area contributed by atoms with E-state index in [0.29, 0.717) is 0 Å². The molecule has 2 nitrogen and oxygen atoms in total. The van der Waals surface area contributed by atoms with Gasteiger partial charge in [-0.3, -0.25) is 4.90 Å². The molecule has 2 heterocycles. The lowest BCUT2D eigenvalue weighted by atomic mass is 9.91. The summed E-state index contributed by atoms with van der Waals surface area (Å²) in [5.41, 5.74) is 3.66. The normalized spacial score (nSPS) is 19.9. The van der Waals surface area contributed by atoms with Gasteiger partial charge in [0.1, 0.15) is 11.4 Å². The summed E-state index contributed by atoms with van der Waals surface area (Å²) in [6.45, 7) is 6.61. The molecular weight excluding hydrogens is 330 g/mol. The maximum Gasteiger partial charge on any atom is 0.123 e. The number of nitrogens with zero attached hydrogens (tertiary/aromatic N) is 1. The van der Waals surface area contributed by atoms with Gasteiger partial charge in [-0.25, -0.2) is 0 Å². The Bertz CT molecular complexity index is 838. The van der Waals surface area contributed by atoms with Gasteiger partial charge < -0.3 is 4.74 Å². The van der Waals surface area contributed by atoms with Crippen LogP contribution in [0.5, 0.6) is 5.75 Å². The molecule has 2 aromatic carbocycles. The molecule has 0 radical (unpaired) electrons. The fourth-order valence-electron chi connectivity index (χ4n) is 4.08. The molecular formula is C25H29NO. The summed E-state index contributed by atoms with van der Waals surface area (Å²) < 4.78 is 6.18. The highest BCUT2D eigenvalue weighted by Gasteiger charge is 2.28. The maximum atomic E-state index is 6.18. The van der Waals surface area contributed by atoms with Crippen molar-refractivity contribution in [3.05, 3.63) is 65.2 Å². The van der Waals surface area contributed by atoms with Gasteiger partial charge in [0.2, 0.25) is 0 Å². The third kappa shape index (κ3) is 4.37. The van der Waals surface area contributed by atoms with Gasteiger partial charge in [0.05, 0.1) is 6.04 Å². The van der Waals surface area contributed by atoms with E-state index in [1.54, 1.807) is 0 Å². The molecule has 0 bridgehead atoms. The lowest BCUT2D eigenvalue weighted by Gasteiger charge is -2.35. The molecule has 0 aliphatic carbocycles. The van der Waals surface area contributed by atoms with Crippen molar-refractivity contribution >= 4 is 0 Å². The Balaban J connectivity index is 1.65. The molecule has 0 amide bonds. The van der Waals surface area contributed by atoms with Gasteiger partial charge in [0.15, 0.2) is 0 Å². The molecule has 1 saturated heterocycles. The van der Waals surface area contributed by atoms with Crippen LogP contribution in [0, 0.1) is 11.8 Å². The lowest BCUT2D eigenvalue weighted by molar-refractivity contribution is 0.0845. The highest BCUT2D eigenvalue weighted by molar-refractivity contribution is 5.44. The highest BCUT2D eigenvalue weighted by atomic mass is 16.5. The Hall–Kier alpha value is -2.24. The zero-order valence-electron chi connectivity index (χ0n) is 16.5. The quantitative estimate of drug-likeness (QED) is 0.669. The van der Waals surface area contributed by atoms with Crippen molar-refractivity contribution in [3.63, 3.8) is 0 Å². The van der Waals surface area contributed by atoms with E-state index in [0.717, 1.165) is 37.2 Å². The second-order valence-corrected chi connectivity index (χ2v) is 8.36. The minimum atomic E-state index is -0.0616. The molecule has 0 saturated carbocycles. The van der Waals surface area contributed by atoms with Crippen LogP contribution < -0.4 is 4.74 Å². The second kappa shape index (κ2) is 7.79. The average molecular weight is 360 g/mol. The van der Waals surface area contributed by atoms with Crippen molar-refractivity contribution < 1.29 is 4.74 Å². The molecule has 2 aliphatic heterocycles. The van der Waals surface area contributed by atoms with E-state index in [1.165, 1.54) is 30.4 Å². The smallest absolute Gasteiger partial charge is 0.123 e. The first-order chi connectivity index (χ1) is 13.1. The molecule has 140 valence electrons. The largest absolute Gasteiger partial charge is 0.488 e. The van der Waals surface area contributed by atoms with Gasteiger partial charge in [0.25, 0.3) is 0 Å². The van der Waals surface area contributed by atoms with Crippen molar-refractivity contribution in [2.75, 3.05) is 13.1 Å². The van der Waals surface area contributed by atoms with Gasteiger partial charge in [0, 0.05) is 5.56 Å². The van der Waals surface area contributed by atoms with Crippen LogP contribution in [0.15, 0.2) is 48.5 Å². The number of hydrogen-bond donors (Lipinski definition) is 0. The van der Waals surface area contributed by atoms with Crippen LogP contribution in [0.4, 0.5) is 0 Å². The lowest BCUT2D eigenvalue weighted by Crippen LogP contribution is -2.34. The first-order valence-electron chi connectivity index (χ1n) is 10.2. The van der Waals surface area contributed by atoms with E-state index in [2.05, 4.69) is 73.1 Å². The number of ether oxygens (including phenoxy) is 1. The van der Waals surface area contributed by atoms with Crippen molar-refractivity contribution in [1.29, 1.82) is 0 Å². The Morgan fingerprint density at radius 3 is 2.56 bits per heavy atom. The predicted octanol–water partition coefficient (Wildman–Crippen LogP) is 5.37. The minimum absolute atomic E-state index is 0.0616. The third-order valence-electron chi connectivity index (χ3n) is 5.67. The summed E-state index contributed by atoms with van der Waals surface area (Å²) in [6, 6.07) is 17.2. The first-order valence-corrected chi connectivity index (χ1v) is 10.2. The molecule has 1 unspecified atom stereocenters. The summed E-state index contributed by atoms with van der Waals surface area (Å²) in [5.74, 6) is 8.04. The molecule has 0 spiro atoms. The van der Waals surface area contributed by atoms with Crippen molar-refractivity contribution in [2.24, 2.45) is 0 Å². The Labute approximate surface area is 163 Å². The van der Waals surface area contributed by atoms with E-state index in [4.69, 9.17) is 4.74 Å². The second-order valence-electron chi connectivity index (χ2n) is 8.36. The monoisotopic (exact) mass is 359 g/mol. The molecule has 27 heavy (non-hydrogen) atoms. The van der Waals surface area contributed by atoms with Gasteiger partial charge in [-0.15, -0.1) is 0 Å². The van der Waals surface area contributed by atoms with Crippen LogP contribution >= 0.6 is 0 Å². The van der Waals surface area contributed by atoms with Gasteiger partial charge in [-0.1, -0.05) is 42.5 Å². The van der Waals surface area contributed by atoms with Crippen LogP contribution in [0.1, 0.15) is 62.3 Å². The highest BCUT2D eigenvalue weighted by Crippen LogP contribution is 2.35. The van der Waals surface area contributed by atoms with Crippen LogP contribution in [0.3, 0.4) is 0 Å². The molecule has 1 atom stereocenters. The van der Waals surface area contributed by atoms with E-state index in [-0.39, 0.29) is 11.6 Å². The fourth-order valence-corrected chi connectivity index (χ4v) is 4.08. The number of aryl methyl sites for hydroxylation is 1. The van der Waals surface area contributed by atoms with Gasteiger partial charge >= 0.3 is 0 Å². The Morgan fingerprint density at radius 1 is 1.00 bits per heavy atom. The maximum absolute atomic E-state index is 6.18. The molecule has 4 rings (SSSR count). The molecule has 0 aromatic heterocycles. The van der Waals surface area contributed by atoms with Crippen LogP contribution in [0.25, 0.3) is 0 Å². The summed E-state index contributed by atoms with van der Waals surface area (Å²) in [5, 5.41) is 0. The van der Waals surface area contributed by atoms with Crippen LogP contribution in [0.2, 0.25) is 0 Å². The van der Waals surface area contributed by atoms with Crippen molar-refractivity contribution in [1.82, 2.24) is 4.90 Å². The topological polar surface area (TPSA) is 12.5 Å². The standard InChI is InChI=1S/C25H29NO/c1-25(2)16-15-22-19-21(12-14-24(22)27-25)23(26-17-7-4-8-18-26)13-11-20-9-5-3-6-10-20/h3,5-6,9-10,12,14,19,23H,4,7-8,15-18H2,1-2H3. The third-order valence-corrected chi connectivity index (χ3v) is 5.67. The van der Waals surface area contributed by atoms with E-state index >= 15 is 0 Å². The predicted molar refractivity (Wildman–Crippen MR) is 111 cm³/mol.